The van der Waals surface area contributed by atoms with Crippen molar-refractivity contribution in [2.45, 2.75) is 12.4 Å². The smallest absolute Gasteiger partial charge is 0.410 e. The Morgan fingerprint density at radius 3 is 1.81 bits per heavy atom. The highest BCUT2D eigenvalue weighted by molar-refractivity contribution is 5.86. The van der Waals surface area contributed by atoms with E-state index in [1.165, 1.54) is 0 Å². The Labute approximate surface area is 146 Å². The van der Waals surface area contributed by atoms with Gasteiger partial charge in [-0.1, -0.05) is 0 Å². The number of nitro benzene ring substituents is 1. The number of benzene rings is 2. The zero-order chi connectivity index (χ0) is 20.4. The van der Waals surface area contributed by atoms with Crippen LogP contribution in [0.25, 0.3) is 0 Å². The standard InChI is InChI=1S/C15H8F6N2O4/c16-14(17,18)8-5-9(15(19,20)21)7-10(6-8)22-13(24)27-12-3-1-11(2-4-12)23(25)26/h1-7H,(H,22,24). The summed E-state index contributed by atoms with van der Waals surface area (Å²) in [7, 11) is 0. The summed E-state index contributed by atoms with van der Waals surface area (Å²) >= 11 is 0. The van der Waals surface area contributed by atoms with Gasteiger partial charge in [0, 0.05) is 17.8 Å². The molecule has 2 rings (SSSR count). The van der Waals surface area contributed by atoms with E-state index in [4.69, 9.17) is 0 Å². The summed E-state index contributed by atoms with van der Waals surface area (Å²) in [6, 6.07) is 4.59. The fourth-order valence-corrected chi connectivity index (χ4v) is 1.91. The van der Waals surface area contributed by atoms with Crippen LogP contribution in [0.15, 0.2) is 42.5 Å². The predicted octanol–water partition coefficient (Wildman–Crippen LogP) is 5.24. The van der Waals surface area contributed by atoms with Crippen LogP contribution in [0, 0.1) is 10.1 Å². The summed E-state index contributed by atoms with van der Waals surface area (Å²) in [6.45, 7) is 0. The van der Waals surface area contributed by atoms with Gasteiger partial charge in [-0.25, -0.2) is 4.79 Å². The molecule has 2 aromatic rings. The van der Waals surface area contributed by atoms with Gasteiger partial charge in [-0.05, 0) is 30.3 Å². The summed E-state index contributed by atoms with van der Waals surface area (Å²) in [6.07, 6.45) is -11.5. The van der Waals surface area contributed by atoms with Gasteiger partial charge in [0.2, 0.25) is 0 Å². The number of non-ortho nitro benzene ring substituents is 1. The average molecular weight is 394 g/mol. The third kappa shape index (κ3) is 5.33. The van der Waals surface area contributed by atoms with Crippen molar-refractivity contribution in [3.05, 3.63) is 63.7 Å². The maximum absolute atomic E-state index is 12.8. The molecule has 0 aliphatic rings. The number of halogens is 6. The number of hydrogen-bond donors (Lipinski definition) is 1. The Hall–Kier alpha value is -3.31. The number of alkyl halides is 6. The van der Waals surface area contributed by atoms with Crippen LogP contribution in [-0.4, -0.2) is 11.0 Å². The maximum Gasteiger partial charge on any atom is 0.417 e. The molecule has 0 aliphatic carbocycles. The first kappa shape index (κ1) is 20.0. The highest BCUT2D eigenvalue weighted by Gasteiger charge is 2.37. The monoisotopic (exact) mass is 394 g/mol. The van der Waals surface area contributed by atoms with Crippen molar-refractivity contribution in [3.63, 3.8) is 0 Å². The van der Waals surface area contributed by atoms with Gasteiger partial charge in [-0.3, -0.25) is 15.4 Å². The molecular formula is C15H8F6N2O4. The molecule has 0 bridgehead atoms. The molecule has 0 saturated heterocycles. The lowest BCUT2D eigenvalue weighted by Gasteiger charge is -2.14. The summed E-state index contributed by atoms with van der Waals surface area (Å²) in [4.78, 5) is 21.5. The zero-order valence-corrected chi connectivity index (χ0v) is 12.9. The molecule has 144 valence electrons. The highest BCUT2D eigenvalue weighted by atomic mass is 19.4. The molecule has 6 nitrogen and oxygen atoms in total. The summed E-state index contributed by atoms with van der Waals surface area (Å²) in [5.74, 6) is -0.207. The first-order chi connectivity index (χ1) is 12.4. The van der Waals surface area contributed by atoms with Gasteiger partial charge in [0.05, 0.1) is 16.1 Å². The average Bonchev–Trinajstić information content (AvgIpc) is 2.53. The third-order valence-corrected chi connectivity index (χ3v) is 3.09. The molecule has 0 fully saturated rings. The number of rotatable bonds is 3. The van der Waals surface area contributed by atoms with Crippen LogP contribution < -0.4 is 10.1 Å². The van der Waals surface area contributed by atoms with Gasteiger partial charge in [-0.15, -0.1) is 0 Å². The minimum absolute atomic E-state index is 0.0904. The lowest BCUT2D eigenvalue weighted by Crippen LogP contribution is -2.18. The van der Waals surface area contributed by atoms with Crippen LogP contribution in [0.2, 0.25) is 0 Å². The van der Waals surface area contributed by atoms with Crippen LogP contribution in [-0.2, 0) is 12.4 Å². The van der Waals surface area contributed by atoms with E-state index in [-0.39, 0.29) is 17.5 Å². The first-order valence-corrected chi connectivity index (χ1v) is 6.89. The van der Waals surface area contributed by atoms with E-state index in [1.807, 2.05) is 0 Å². The number of ether oxygens (including phenoxy) is 1. The second-order valence-electron chi connectivity index (χ2n) is 5.06. The number of nitro groups is 1. The molecule has 0 spiro atoms. The molecule has 0 unspecified atom stereocenters. The molecule has 12 heteroatoms. The first-order valence-electron chi connectivity index (χ1n) is 6.89. The van der Waals surface area contributed by atoms with Gasteiger partial charge in [-0.2, -0.15) is 26.3 Å². The molecule has 0 aromatic heterocycles. The second kappa shape index (κ2) is 7.13. The largest absolute Gasteiger partial charge is 0.417 e. The summed E-state index contributed by atoms with van der Waals surface area (Å²) in [5, 5.41) is 12.3. The topological polar surface area (TPSA) is 81.5 Å². The van der Waals surface area contributed by atoms with E-state index in [0.29, 0.717) is 12.1 Å². The number of anilines is 1. The van der Waals surface area contributed by atoms with Crippen molar-refractivity contribution in [2.24, 2.45) is 0 Å². The summed E-state index contributed by atoms with van der Waals surface area (Å²) < 4.78 is 81.2. The Morgan fingerprint density at radius 2 is 1.41 bits per heavy atom. The van der Waals surface area contributed by atoms with Gasteiger partial charge in [0.1, 0.15) is 5.75 Å². The normalized spacial score (nSPS) is 11.8. The second-order valence-corrected chi connectivity index (χ2v) is 5.06. The fraction of sp³-hybridized carbons (Fsp3) is 0.133. The van der Waals surface area contributed by atoms with Crippen molar-refractivity contribution in [2.75, 3.05) is 5.32 Å². The van der Waals surface area contributed by atoms with Crippen molar-refractivity contribution in [1.82, 2.24) is 0 Å². The molecule has 0 saturated carbocycles. The molecule has 27 heavy (non-hydrogen) atoms. The van der Waals surface area contributed by atoms with E-state index < -0.39 is 40.2 Å². The zero-order valence-electron chi connectivity index (χ0n) is 12.9. The summed E-state index contributed by atoms with van der Waals surface area (Å²) in [5.41, 5.74) is -4.31. The minimum Gasteiger partial charge on any atom is -0.410 e. The van der Waals surface area contributed by atoms with Crippen molar-refractivity contribution in [1.29, 1.82) is 0 Å². The minimum atomic E-state index is -5.07. The fourth-order valence-electron chi connectivity index (χ4n) is 1.91. The Morgan fingerprint density at radius 1 is 0.926 bits per heavy atom. The highest BCUT2D eigenvalue weighted by Crippen LogP contribution is 2.37. The molecule has 2 aromatic carbocycles. The van der Waals surface area contributed by atoms with Gasteiger partial charge < -0.3 is 4.74 Å². The number of amides is 1. The molecule has 0 aliphatic heterocycles. The van der Waals surface area contributed by atoms with Gasteiger partial charge in [0.25, 0.3) is 5.69 Å². The number of hydrogen-bond acceptors (Lipinski definition) is 4. The Balaban J connectivity index is 2.22. The molecule has 0 radical (unpaired) electrons. The van der Waals surface area contributed by atoms with Crippen LogP contribution in [0.1, 0.15) is 11.1 Å². The molecular weight excluding hydrogens is 386 g/mol. The lowest BCUT2D eigenvalue weighted by molar-refractivity contribution is -0.384. The molecule has 1 N–H and O–H groups in total. The van der Waals surface area contributed by atoms with Crippen molar-refractivity contribution in [3.8, 4) is 5.75 Å². The number of carbonyl (C=O) groups excluding carboxylic acids is 1. The molecule has 1 amide bonds. The SMILES string of the molecule is O=C(Nc1cc(C(F)(F)F)cc(C(F)(F)F)c1)Oc1ccc([N+](=O)[O-])cc1. The van der Waals surface area contributed by atoms with Gasteiger partial charge in [0.15, 0.2) is 0 Å². The lowest BCUT2D eigenvalue weighted by atomic mass is 10.1. The Bertz CT molecular complexity index is 830. The van der Waals surface area contributed by atoms with Gasteiger partial charge >= 0.3 is 18.4 Å². The maximum atomic E-state index is 12.8. The van der Waals surface area contributed by atoms with Crippen molar-refractivity contribution >= 4 is 17.5 Å². The van der Waals surface area contributed by atoms with E-state index in [9.17, 15) is 41.3 Å². The van der Waals surface area contributed by atoms with E-state index >= 15 is 0 Å². The van der Waals surface area contributed by atoms with Crippen molar-refractivity contribution < 1.29 is 40.8 Å². The van der Waals surface area contributed by atoms with E-state index in [2.05, 4.69) is 4.74 Å². The third-order valence-electron chi connectivity index (χ3n) is 3.09. The number of carbonyl (C=O) groups is 1. The van der Waals surface area contributed by atoms with Crippen LogP contribution in [0.3, 0.4) is 0 Å². The number of nitrogens with zero attached hydrogens (tertiary/aromatic N) is 1. The van der Waals surface area contributed by atoms with E-state index in [0.717, 1.165) is 24.3 Å². The number of nitrogens with one attached hydrogen (secondary N) is 1. The molecule has 0 atom stereocenters. The Kier molecular flexibility index (Phi) is 5.28. The van der Waals surface area contributed by atoms with Crippen LogP contribution >= 0.6 is 0 Å². The predicted molar refractivity (Wildman–Crippen MR) is 79.2 cm³/mol. The van der Waals surface area contributed by atoms with E-state index in [1.54, 1.807) is 5.32 Å². The van der Waals surface area contributed by atoms with Crippen LogP contribution in [0.5, 0.6) is 5.75 Å². The quantitative estimate of drug-likeness (QED) is 0.438. The molecule has 0 heterocycles. The van der Waals surface area contributed by atoms with Crippen LogP contribution in [0.4, 0.5) is 42.5 Å².